The van der Waals surface area contributed by atoms with Gasteiger partial charge in [-0.15, -0.1) is 0 Å². The van der Waals surface area contributed by atoms with Gasteiger partial charge in [0.15, 0.2) is 0 Å². The van der Waals surface area contributed by atoms with Crippen molar-refractivity contribution in [2.75, 3.05) is 0 Å². The van der Waals surface area contributed by atoms with E-state index in [1.807, 2.05) is 6.92 Å². The molecule has 1 aliphatic heterocycles. The van der Waals surface area contributed by atoms with Crippen LogP contribution in [0.25, 0.3) is 0 Å². The van der Waals surface area contributed by atoms with Crippen LogP contribution in [0, 0.1) is 5.92 Å². The number of carbonyl (C=O) groups is 3. The van der Waals surface area contributed by atoms with E-state index >= 15 is 0 Å². The van der Waals surface area contributed by atoms with Crippen LogP contribution in [0.4, 0.5) is 13.2 Å². The predicted octanol–water partition coefficient (Wildman–Crippen LogP) is 1.20. The highest BCUT2D eigenvalue weighted by Gasteiger charge is 2.46. The number of hydrogen-bond acceptors (Lipinski definition) is 3. The fourth-order valence-electron chi connectivity index (χ4n) is 2.24. The van der Waals surface area contributed by atoms with Crippen LogP contribution < -0.4 is 10.6 Å². The average molecular weight is 324 g/mol. The van der Waals surface area contributed by atoms with E-state index in [1.54, 1.807) is 5.32 Å². The molecule has 1 aliphatic rings. The number of alkyl halides is 3. The van der Waals surface area contributed by atoms with Gasteiger partial charge in [-0.25, -0.2) is 4.79 Å². The predicted molar refractivity (Wildman–Crippen MR) is 69.8 cm³/mol. The largest absolute Gasteiger partial charge is 0.480 e. The summed E-state index contributed by atoms with van der Waals surface area (Å²) in [4.78, 5) is 34.6. The van der Waals surface area contributed by atoms with Crippen molar-refractivity contribution in [2.45, 2.75) is 57.3 Å². The van der Waals surface area contributed by atoms with E-state index in [-0.39, 0.29) is 12.8 Å². The Morgan fingerprint density at radius 3 is 2.50 bits per heavy atom. The number of nitrogens with one attached hydrogen (secondary N) is 2. The normalized spacial score (nSPS) is 23.5. The van der Waals surface area contributed by atoms with Gasteiger partial charge in [-0.3, -0.25) is 9.59 Å². The lowest BCUT2D eigenvalue weighted by Gasteiger charge is -2.30. The second-order valence-corrected chi connectivity index (χ2v) is 5.27. The van der Waals surface area contributed by atoms with Gasteiger partial charge in [0.25, 0.3) is 0 Å². The third-order valence-electron chi connectivity index (χ3n) is 3.55. The van der Waals surface area contributed by atoms with Crippen molar-refractivity contribution in [3.63, 3.8) is 0 Å². The maximum Gasteiger partial charge on any atom is 0.408 e. The van der Waals surface area contributed by atoms with Crippen LogP contribution >= 0.6 is 0 Å². The second kappa shape index (κ2) is 7.46. The maximum absolute atomic E-state index is 12.5. The lowest BCUT2D eigenvalue weighted by Crippen LogP contribution is -2.55. The zero-order valence-corrected chi connectivity index (χ0v) is 12.1. The Morgan fingerprint density at radius 1 is 1.41 bits per heavy atom. The molecule has 0 radical (unpaired) electrons. The van der Waals surface area contributed by atoms with Crippen LogP contribution in [-0.4, -0.2) is 41.2 Å². The molecule has 0 aromatic rings. The molecule has 0 aliphatic carbocycles. The van der Waals surface area contributed by atoms with Gasteiger partial charge in [0.2, 0.25) is 11.8 Å². The van der Waals surface area contributed by atoms with E-state index in [4.69, 9.17) is 5.11 Å². The fourth-order valence-corrected chi connectivity index (χ4v) is 2.24. The molecule has 22 heavy (non-hydrogen) atoms. The first-order chi connectivity index (χ1) is 10.2. The molecule has 0 bridgehead atoms. The highest BCUT2D eigenvalue weighted by Crippen LogP contribution is 2.28. The van der Waals surface area contributed by atoms with Crippen LogP contribution in [0.15, 0.2) is 0 Å². The molecule has 1 saturated heterocycles. The molecule has 6 nitrogen and oxygen atoms in total. The number of carboxylic acids is 1. The molecule has 0 spiro atoms. The van der Waals surface area contributed by atoms with E-state index in [2.05, 4.69) is 5.32 Å². The monoisotopic (exact) mass is 324 g/mol. The summed E-state index contributed by atoms with van der Waals surface area (Å²) in [6.07, 6.45) is -3.71. The average Bonchev–Trinajstić information content (AvgIpc) is 2.41. The van der Waals surface area contributed by atoms with Gasteiger partial charge < -0.3 is 15.7 Å². The van der Waals surface area contributed by atoms with Crippen molar-refractivity contribution in [3.8, 4) is 0 Å². The van der Waals surface area contributed by atoms with Gasteiger partial charge in [0.1, 0.15) is 18.0 Å². The Kier molecular flexibility index (Phi) is 6.19. The van der Waals surface area contributed by atoms with E-state index < -0.39 is 48.4 Å². The lowest BCUT2D eigenvalue weighted by atomic mass is 9.92. The van der Waals surface area contributed by atoms with Gasteiger partial charge in [-0.2, -0.15) is 13.2 Å². The molecular formula is C13H19F3N2O4. The number of carboxylic acid groups (broad SMARTS) is 1. The summed E-state index contributed by atoms with van der Waals surface area (Å²) in [6.45, 7) is 1.85. The molecule has 3 N–H and O–H groups in total. The van der Waals surface area contributed by atoms with Crippen molar-refractivity contribution in [1.29, 1.82) is 0 Å². The fraction of sp³-hybridized carbons (Fsp3) is 0.769. The Morgan fingerprint density at radius 2 is 2.05 bits per heavy atom. The molecule has 1 heterocycles. The third-order valence-corrected chi connectivity index (χ3v) is 3.55. The van der Waals surface area contributed by atoms with Crippen molar-refractivity contribution >= 4 is 17.8 Å². The standard InChI is InChI=1S/C13H19F3N2O4/c1-2-3-4-8(12(21)22)17-10(19)7-5-6-9(13(14,15)16)18-11(7)20/h7-9H,2-6H2,1H3,(H,17,19)(H,18,20)(H,21,22). The van der Waals surface area contributed by atoms with Crippen LogP contribution in [0.5, 0.6) is 0 Å². The Bertz CT molecular complexity index is 439. The minimum Gasteiger partial charge on any atom is -0.480 e. The molecule has 0 saturated carbocycles. The van der Waals surface area contributed by atoms with E-state index in [1.165, 1.54) is 0 Å². The van der Waals surface area contributed by atoms with E-state index in [9.17, 15) is 27.6 Å². The molecule has 0 aromatic heterocycles. The number of halogens is 3. The molecule has 0 aromatic carbocycles. The number of unbranched alkanes of at least 4 members (excludes halogenated alkanes) is 1. The quantitative estimate of drug-likeness (QED) is 0.640. The molecular weight excluding hydrogens is 305 g/mol. The summed E-state index contributed by atoms with van der Waals surface area (Å²) >= 11 is 0. The second-order valence-electron chi connectivity index (χ2n) is 5.27. The minimum atomic E-state index is -4.55. The van der Waals surface area contributed by atoms with Crippen LogP contribution in [0.3, 0.4) is 0 Å². The SMILES string of the molecule is CCCCC(NC(=O)C1CCC(C(F)(F)F)NC1=O)C(=O)O. The van der Waals surface area contributed by atoms with Gasteiger partial charge in [0.05, 0.1) is 0 Å². The molecule has 1 fully saturated rings. The Hall–Kier alpha value is -1.80. The number of hydrogen-bond donors (Lipinski definition) is 3. The summed E-state index contributed by atoms with van der Waals surface area (Å²) in [5, 5.41) is 13.0. The first-order valence-corrected chi connectivity index (χ1v) is 7.07. The first-order valence-electron chi connectivity index (χ1n) is 7.07. The van der Waals surface area contributed by atoms with Crippen molar-refractivity contribution in [2.24, 2.45) is 5.92 Å². The number of aliphatic carboxylic acids is 1. The summed E-state index contributed by atoms with van der Waals surface area (Å²) in [5.41, 5.74) is 0. The molecule has 3 atom stereocenters. The Balaban J connectivity index is 2.62. The van der Waals surface area contributed by atoms with Crippen molar-refractivity contribution in [1.82, 2.24) is 10.6 Å². The van der Waals surface area contributed by atoms with Gasteiger partial charge in [-0.05, 0) is 19.3 Å². The van der Waals surface area contributed by atoms with Crippen LogP contribution in [0.1, 0.15) is 39.0 Å². The summed E-state index contributed by atoms with van der Waals surface area (Å²) in [7, 11) is 0. The topological polar surface area (TPSA) is 95.5 Å². The summed E-state index contributed by atoms with van der Waals surface area (Å²) < 4.78 is 37.5. The number of carbonyl (C=O) groups excluding carboxylic acids is 2. The third kappa shape index (κ3) is 4.88. The molecule has 2 amide bonds. The van der Waals surface area contributed by atoms with Crippen LogP contribution in [-0.2, 0) is 14.4 Å². The first kappa shape index (κ1) is 18.2. The molecule has 1 rings (SSSR count). The molecule has 3 unspecified atom stereocenters. The lowest BCUT2D eigenvalue weighted by molar-refractivity contribution is -0.171. The summed E-state index contributed by atoms with van der Waals surface area (Å²) in [5.74, 6) is -4.39. The summed E-state index contributed by atoms with van der Waals surface area (Å²) in [6, 6.07) is -3.10. The minimum absolute atomic E-state index is 0.205. The van der Waals surface area contributed by atoms with Gasteiger partial charge in [0, 0.05) is 0 Å². The van der Waals surface area contributed by atoms with E-state index in [0.29, 0.717) is 6.42 Å². The zero-order valence-electron chi connectivity index (χ0n) is 12.1. The van der Waals surface area contributed by atoms with E-state index in [0.717, 1.165) is 6.42 Å². The van der Waals surface area contributed by atoms with Gasteiger partial charge in [-0.1, -0.05) is 19.8 Å². The van der Waals surface area contributed by atoms with Gasteiger partial charge >= 0.3 is 12.1 Å². The smallest absolute Gasteiger partial charge is 0.408 e. The highest BCUT2D eigenvalue weighted by atomic mass is 19.4. The molecule has 126 valence electrons. The molecule has 9 heteroatoms. The number of amides is 2. The van der Waals surface area contributed by atoms with Crippen molar-refractivity contribution < 1.29 is 32.7 Å². The maximum atomic E-state index is 12.5. The van der Waals surface area contributed by atoms with Crippen molar-refractivity contribution in [3.05, 3.63) is 0 Å². The number of piperidine rings is 1. The zero-order chi connectivity index (χ0) is 16.9. The van der Waals surface area contributed by atoms with Crippen LogP contribution in [0.2, 0.25) is 0 Å². The highest BCUT2D eigenvalue weighted by molar-refractivity contribution is 6.01. The number of rotatable bonds is 6. The Labute approximate surface area is 125 Å².